The summed E-state index contributed by atoms with van der Waals surface area (Å²) in [6, 6.07) is 9.48. The van der Waals surface area contributed by atoms with Crippen LogP contribution in [0.1, 0.15) is 43.7 Å². The third-order valence-electron chi connectivity index (χ3n) is 5.91. The normalized spacial score (nSPS) is 19.9. The number of benzene rings is 1. The summed E-state index contributed by atoms with van der Waals surface area (Å²) in [5, 5.41) is 0. The van der Waals surface area contributed by atoms with Gasteiger partial charge in [-0.05, 0) is 82.6 Å². The quantitative estimate of drug-likeness (QED) is 0.660. The number of nitrogens with zero attached hydrogens (tertiary/aromatic N) is 4. The first-order chi connectivity index (χ1) is 13.6. The smallest absolute Gasteiger partial charge is 0.121 e. The number of hydrogen-bond acceptors (Lipinski definition) is 4. The van der Waals surface area contributed by atoms with Crippen LogP contribution in [-0.4, -0.2) is 67.2 Å². The maximum Gasteiger partial charge on any atom is 0.121 e. The fourth-order valence-electron chi connectivity index (χ4n) is 4.35. The fraction of sp³-hybridized carbons (Fsp3) is 0.542. The molecule has 0 spiro atoms. The van der Waals surface area contributed by atoms with Gasteiger partial charge in [0.25, 0.3) is 0 Å². The second kappa shape index (κ2) is 10.0. The van der Waals surface area contributed by atoms with E-state index in [2.05, 4.69) is 72.6 Å². The zero-order valence-electron chi connectivity index (χ0n) is 17.9. The van der Waals surface area contributed by atoms with Crippen molar-refractivity contribution in [3.8, 4) is 0 Å². The highest BCUT2D eigenvalue weighted by Crippen LogP contribution is 2.23. The van der Waals surface area contributed by atoms with E-state index < -0.39 is 0 Å². The molecule has 28 heavy (non-hydrogen) atoms. The summed E-state index contributed by atoms with van der Waals surface area (Å²) in [5.41, 5.74) is 3.68. The minimum absolute atomic E-state index is 0.765. The molecule has 0 N–H and O–H groups in total. The van der Waals surface area contributed by atoms with Gasteiger partial charge in [-0.15, -0.1) is 0 Å². The largest absolute Gasteiger partial charge is 0.357 e. The minimum Gasteiger partial charge on any atom is -0.357 e. The summed E-state index contributed by atoms with van der Waals surface area (Å²) < 4.78 is 0. The van der Waals surface area contributed by atoms with Crippen molar-refractivity contribution < 1.29 is 0 Å². The number of piperidine rings is 1. The van der Waals surface area contributed by atoms with E-state index in [9.17, 15) is 0 Å². The Labute approximate surface area is 171 Å². The summed E-state index contributed by atoms with van der Waals surface area (Å²) in [5.74, 6) is 0.892. The lowest BCUT2D eigenvalue weighted by Gasteiger charge is -2.37. The minimum atomic E-state index is 0.765. The van der Waals surface area contributed by atoms with Crippen molar-refractivity contribution in [2.45, 2.75) is 45.2 Å². The monoisotopic (exact) mass is 380 g/mol. The van der Waals surface area contributed by atoms with Crippen molar-refractivity contribution in [3.63, 3.8) is 0 Å². The van der Waals surface area contributed by atoms with Crippen LogP contribution in [-0.2, 0) is 6.54 Å². The molecule has 4 nitrogen and oxygen atoms in total. The maximum absolute atomic E-state index is 4.72. The average Bonchev–Trinajstić information content (AvgIpc) is 3.23. The molecule has 0 atom stereocenters. The lowest BCUT2D eigenvalue weighted by Crippen LogP contribution is -2.43. The summed E-state index contributed by atoms with van der Waals surface area (Å²) in [7, 11) is 4.20. The Bertz CT molecular complexity index is 705. The van der Waals surface area contributed by atoms with Gasteiger partial charge in [-0.25, -0.2) is 4.99 Å². The Morgan fingerprint density at radius 1 is 1.18 bits per heavy atom. The summed E-state index contributed by atoms with van der Waals surface area (Å²) >= 11 is 0. The van der Waals surface area contributed by atoms with Crippen molar-refractivity contribution in [3.05, 3.63) is 53.9 Å². The summed E-state index contributed by atoms with van der Waals surface area (Å²) in [4.78, 5) is 11.9. The summed E-state index contributed by atoms with van der Waals surface area (Å²) in [6.45, 7) is 12.0. The third kappa shape index (κ3) is 5.55. The van der Waals surface area contributed by atoms with Gasteiger partial charge in [0, 0.05) is 31.9 Å². The van der Waals surface area contributed by atoms with E-state index >= 15 is 0 Å². The van der Waals surface area contributed by atoms with Crippen molar-refractivity contribution in [1.29, 1.82) is 0 Å². The molecule has 0 bridgehead atoms. The molecule has 3 rings (SSSR count). The van der Waals surface area contributed by atoms with Crippen LogP contribution in [0.25, 0.3) is 5.57 Å². The van der Waals surface area contributed by atoms with Crippen LogP contribution in [0.4, 0.5) is 0 Å². The molecule has 2 aliphatic heterocycles. The summed E-state index contributed by atoms with van der Waals surface area (Å²) in [6.07, 6.45) is 9.32. The van der Waals surface area contributed by atoms with Gasteiger partial charge in [-0.3, -0.25) is 0 Å². The molecule has 1 aromatic carbocycles. The van der Waals surface area contributed by atoms with Crippen molar-refractivity contribution in [2.75, 3.05) is 40.3 Å². The van der Waals surface area contributed by atoms with Gasteiger partial charge in [0.2, 0.25) is 0 Å². The van der Waals surface area contributed by atoms with Crippen LogP contribution in [0.5, 0.6) is 0 Å². The number of likely N-dealkylation sites (tertiary alicyclic amines) is 2. The van der Waals surface area contributed by atoms with Crippen LogP contribution in [0.3, 0.4) is 0 Å². The van der Waals surface area contributed by atoms with E-state index in [0.29, 0.717) is 0 Å². The van der Waals surface area contributed by atoms with Crippen LogP contribution in [0.15, 0.2) is 47.7 Å². The zero-order valence-corrected chi connectivity index (χ0v) is 17.9. The van der Waals surface area contributed by atoms with Crippen LogP contribution in [0, 0.1) is 0 Å². The van der Waals surface area contributed by atoms with E-state index in [0.717, 1.165) is 37.1 Å². The molecule has 2 aliphatic rings. The molecule has 2 saturated heterocycles. The molecule has 0 amide bonds. The van der Waals surface area contributed by atoms with Gasteiger partial charge in [0.15, 0.2) is 0 Å². The Hall–Kier alpha value is -1.91. The maximum atomic E-state index is 4.72. The van der Waals surface area contributed by atoms with Gasteiger partial charge >= 0.3 is 0 Å². The second-order valence-electron chi connectivity index (χ2n) is 8.32. The predicted octanol–water partition coefficient (Wildman–Crippen LogP) is 4.25. The molecular formula is C24H36N4. The molecule has 0 aliphatic carbocycles. The van der Waals surface area contributed by atoms with E-state index in [4.69, 9.17) is 4.99 Å². The van der Waals surface area contributed by atoms with Gasteiger partial charge in [-0.1, -0.05) is 30.9 Å². The Morgan fingerprint density at radius 2 is 1.89 bits per heavy atom. The van der Waals surface area contributed by atoms with E-state index in [1.54, 1.807) is 0 Å². The Kier molecular flexibility index (Phi) is 7.46. The van der Waals surface area contributed by atoms with Gasteiger partial charge in [0.1, 0.15) is 5.82 Å². The van der Waals surface area contributed by atoms with Gasteiger partial charge < -0.3 is 14.7 Å². The van der Waals surface area contributed by atoms with E-state index in [1.807, 2.05) is 6.21 Å². The first-order valence-corrected chi connectivity index (χ1v) is 10.7. The second-order valence-corrected chi connectivity index (χ2v) is 8.32. The first kappa shape index (κ1) is 20.8. The molecule has 2 heterocycles. The van der Waals surface area contributed by atoms with Crippen LogP contribution < -0.4 is 0 Å². The molecule has 0 saturated carbocycles. The number of rotatable bonds is 7. The van der Waals surface area contributed by atoms with E-state index in [-0.39, 0.29) is 0 Å². The predicted molar refractivity (Wildman–Crippen MR) is 121 cm³/mol. The molecule has 2 fully saturated rings. The third-order valence-corrected chi connectivity index (χ3v) is 5.91. The van der Waals surface area contributed by atoms with Crippen molar-refractivity contribution in [2.24, 2.45) is 4.99 Å². The highest BCUT2D eigenvalue weighted by molar-refractivity contribution is 6.10. The first-order valence-electron chi connectivity index (χ1n) is 10.7. The fourth-order valence-corrected chi connectivity index (χ4v) is 4.35. The van der Waals surface area contributed by atoms with Crippen LogP contribution >= 0.6 is 0 Å². The van der Waals surface area contributed by atoms with Crippen molar-refractivity contribution >= 4 is 11.8 Å². The lowest BCUT2D eigenvalue weighted by molar-refractivity contribution is 0.147. The number of aliphatic imine (C=N–C) groups is 1. The zero-order chi connectivity index (χ0) is 19.9. The molecule has 4 heteroatoms. The van der Waals surface area contributed by atoms with Crippen LogP contribution in [0.2, 0.25) is 0 Å². The van der Waals surface area contributed by atoms with Gasteiger partial charge in [-0.2, -0.15) is 0 Å². The molecular weight excluding hydrogens is 344 g/mol. The molecule has 0 aromatic heterocycles. The number of hydrogen-bond donors (Lipinski definition) is 0. The van der Waals surface area contributed by atoms with E-state index in [1.165, 1.54) is 49.9 Å². The molecule has 0 unspecified atom stereocenters. The Morgan fingerprint density at radius 3 is 2.54 bits per heavy atom. The highest BCUT2D eigenvalue weighted by atomic mass is 15.2. The van der Waals surface area contributed by atoms with Gasteiger partial charge in [0.05, 0.1) is 0 Å². The van der Waals surface area contributed by atoms with Crippen molar-refractivity contribution in [1.82, 2.24) is 14.7 Å². The Balaban J connectivity index is 1.57. The average molecular weight is 381 g/mol. The SMILES string of the molecule is C=C(/N=C\C(=C/C)c1cccc(CN(C)C)c1)N1CCC(N2CCCC2)CC1. The highest BCUT2D eigenvalue weighted by Gasteiger charge is 2.26. The topological polar surface area (TPSA) is 22.1 Å². The molecule has 1 aromatic rings. The molecule has 0 radical (unpaired) electrons. The number of allylic oxidation sites excluding steroid dienone is 2. The lowest BCUT2D eigenvalue weighted by atomic mass is 10.0. The standard InChI is InChI=1S/C24H36N4/c1-5-22(23-10-8-9-21(17-23)19-26(3)4)18-25-20(2)27-15-11-24(12-16-27)28-13-6-7-14-28/h5,8-10,17-18,24H,2,6-7,11-16,19H2,1,3-4H3/b22-5+,25-18-. The molecule has 152 valence electrons.